The summed E-state index contributed by atoms with van der Waals surface area (Å²) in [4.78, 5) is 0. The summed E-state index contributed by atoms with van der Waals surface area (Å²) in [5.41, 5.74) is 2.81. The highest BCUT2D eigenvalue weighted by molar-refractivity contribution is 5.82. The van der Waals surface area contributed by atoms with Gasteiger partial charge >= 0.3 is 0 Å². The Labute approximate surface area is 176 Å². The summed E-state index contributed by atoms with van der Waals surface area (Å²) in [5.74, 6) is 1.21. The number of benzene rings is 2. The molecule has 0 saturated carbocycles. The zero-order valence-corrected chi connectivity index (χ0v) is 17.8. The van der Waals surface area contributed by atoms with Crippen LogP contribution >= 0.6 is 0 Å². The minimum absolute atomic E-state index is 0.0502. The van der Waals surface area contributed by atoms with Gasteiger partial charge in [0, 0.05) is 37.0 Å². The molecule has 30 heavy (non-hydrogen) atoms. The van der Waals surface area contributed by atoms with Crippen LogP contribution in [0.4, 0.5) is 0 Å². The van der Waals surface area contributed by atoms with Crippen LogP contribution in [0, 0.1) is 0 Å². The van der Waals surface area contributed by atoms with Crippen LogP contribution in [0.3, 0.4) is 0 Å². The Morgan fingerprint density at radius 1 is 1.03 bits per heavy atom. The molecule has 2 N–H and O–H groups in total. The van der Waals surface area contributed by atoms with Crippen molar-refractivity contribution in [3.63, 3.8) is 0 Å². The number of phenols is 2. The molecule has 0 bridgehead atoms. The van der Waals surface area contributed by atoms with E-state index in [9.17, 15) is 10.2 Å². The van der Waals surface area contributed by atoms with Crippen LogP contribution in [0.15, 0.2) is 30.3 Å². The van der Waals surface area contributed by atoms with Gasteiger partial charge in [-0.05, 0) is 53.5 Å². The molecular formula is C22H28N4O4. The normalized spacial score (nSPS) is 11.2. The maximum atomic E-state index is 10.6. The first-order valence-electron chi connectivity index (χ1n) is 10.0. The summed E-state index contributed by atoms with van der Waals surface area (Å²) < 4.78 is 12.5. The zero-order valence-electron chi connectivity index (χ0n) is 17.8. The summed E-state index contributed by atoms with van der Waals surface area (Å²) >= 11 is 0. The second kappa shape index (κ2) is 9.58. The smallest absolute Gasteiger partial charge is 0.185 e. The van der Waals surface area contributed by atoms with Crippen molar-refractivity contribution in [1.29, 1.82) is 0 Å². The number of methoxy groups -OCH3 is 1. The fourth-order valence-electron chi connectivity index (χ4n) is 3.28. The van der Waals surface area contributed by atoms with E-state index in [-0.39, 0.29) is 11.5 Å². The van der Waals surface area contributed by atoms with Gasteiger partial charge in [0.2, 0.25) is 0 Å². The molecule has 1 aromatic heterocycles. The average Bonchev–Trinajstić information content (AvgIpc) is 3.19. The van der Waals surface area contributed by atoms with Gasteiger partial charge in [-0.15, -0.1) is 5.10 Å². The highest BCUT2D eigenvalue weighted by Crippen LogP contribution is 2.43. The molecule has 2 aromatic carbocycles. The van der Waals surface area contributed by atoms with Gasteiger partial charge in [0.25, 0.3) is 0 Å². The molecule has 1 heterocycles. The number of ether oxygens (including phenoxy) is 2. The number of aromatic hydroxyl groups is 2. The van der Waals surface area contributed by atoms with Crippen molar-refractivity contribution in [3.05, 3.63) is 35.9 Å². The van der Waals surface area contributed by atoms with Gasteiger partial charge in [-0.3, -0.25) is 0 Å². The molecule has 0 amide bonds. The second-order valence-electron chi connectivity index (χ2n) is 7.28. The Morgan fingerprint density at radius 2 is 1.80 bits per heavy atom. The number of aryl methyl sites for hydroxylation is 1. The topological polar surface area (TPSA) is 103 Å². The van der Waals surface area contributed by atoms with E-state index in [1.165, 1.54) is 6.07 Å². The van der Waals surface area contributed by atoms with E-state index in [1.807, 2.05) is 25.1 Å². The molecule has 0 saturated heterocycles. The van der Waals surface area contributed by atoms with Crippen molar-refractivity contribution < 1.29 is 19.7 Å². The molecule has 8 heteroatoms. The number of aromatic nitrogens is 4. The van der Waals surface area contributed by atoms with Crippen LogP contribution in [-0.4, -0.2) is 50.7 Å². The molecule has 0 spiro atoms. The Hall–Kier alpha value is -3.13. The number of hydrogen-bond donors (Lipinski definition) is 2. The number of nitrogens with zero attached hydrogens (tertiary/aromatic N) is 4. The Morgan fingerprint density at radius 3 is 2.50 bits per heavy atom. The first kappa shape index (κ1) is 21.6. The van der Waals surface area contributed by atoms with Crippen LogP contribution < -0.4 is 4.74 Å². The van der Waals surface area contributed by atoms with Gasteiger partial charge in [0.1, 0.15) is 17.2 Å². The van der Waals surface area contributed by atoms with Crippen LogP contribution in [0.25, 0.3) is 22.5 Å². The van der Waals surface area contributed by atoms with E-state index < -0.39 is 0 Å². The molecule has 0 unspecified atom stereocenters. The van der Waals surface area contributed by atoms with E-state index in [0.29, 0.717) is 48.4 Å². The van der Waals surface area contributed by atoms with Gasteiger partial charge < -0.3 is 19.7 Å². The molecular weight excluding hydrogens is 384 g/mol. The molecule has 160 valence electrons. The van der Waals surface area contributed by atoms with E-state index in [2.05, 4.69) is 29.4 Å². The summed E-state index contributed by atoms with van der Waals surface area (Å²) in [6.07, 6.45) is 0.738. The lowest BCUT2D eigenvalue weighted by Gasteiger charge is -2.15. The molecule has 0 aliphatic carbocycles. The third kappa shape index (κ3) is 4.54. The highest BCUT2D eigenvalue weighted by Gasteiger charge is 2.20. The summed E-state index contributed by atoms with van der Waals surface area (Å²) in [5, 5.41) is 33.0. The van der Waals surface area contributed by atoms with Crippen molar-refractivity contribution in [3.8, 4) is 39.8 Å². The predicted molar refractivity (Wildman–Crippen MR) is 114 cm³/mol. The van der Waals surface area contributed by atoms with Crippen LogP contribution in [0.5, 0.6) is 17.2 Å². The van der Waals surface area contributed by atoms with Gasteiger partial charge in [0.15, 0.2) is 5.82 Å². The summed E-state index contributed by atoms with van der Waals surface area (Å²) in [6, 6.07) is 8.88. The molecule has 3 aromatic rings. The number of tetrazole rings is 1. The van der Waals surface area contributed by atoms with Crippen molar-refractivity contribution in [2.45, 2.75) is 39.7 Å². The lowest BCUT2D eigenvalue weighted by atomic mass is 9.94. The maximum absolute atomic E-state index is 10.6. The van der Waals surface area contributed by atoms with Crippen molar-refractivity contribution in [1.82, 2.24) is 20.2 Å². The fraction of sp³-hybridized carbons (Fsp3) is 0.409. The van der Waals surface area contributed by atoms with Crippen LogP contribution in [0.1, 0.15) is 38.7 Å². The first-order valence-corrected chi connectivity index (χ1v) is 10.0. The maximum Gasteiger partial charge on any atom is 0.185 e. The molecule has 8 nitrogen and oxygen atoms in total. The van der Waals surface area contributed by atoms with Crippen LogP contribution in [0.2, 0.25) is 0 Å². The molecule has 3 rings (SSSR count). The van der Waals surface area contributed by atoms with E-state index >= 15 is 0 Å². The Kier molecular flexibility index (Phi) is 6.89. The van der Waals surface area contributed by atoms with Crippen LogP contribution in [-0.2, 0) is 11.3 Å². The van der Waals surface area contributed by atoms with E-state index in [0.717, 1.165) is 17.5 Å². The number of hydrogen-bond acceptors (Lipinski definition) is 7. The predicted octanol–water partition coefficient (Wildman–Crippen LogP) is 3.98. The third-order valence-corrected chi connectivity index (χ3v) is 4.93. The SMILES string of the molecule is CCOCCCn1nnnc1-c1cc(-c2cc(C(C)C)ccc2OC)c(O)cc1O. The molecule has 0 aliphatic heterocycles. The largest absolute Gasteiger partial charge is 0.507 e. The third-order valence-electron chi connectivity index (χ3n) is 4.93. The Bertz CT molecular complexity index is 1000. The minimum Gasteiger partial charge on any atom is -0.507 e. The number of phenolic OH excluding ortho intramolecular Hbond substituents is 2. The Balaban J connectivity index is 2.05. The van der Waals surface area contributed by atoms with Crippen molar-refractivity contribution in [2.75, 3.05) is 20.3 Å². The van der Waals surface area contributed by atoms with Gasteiger partial charge in [-0.2, -0.15) is 0 Å². The van der Waals surface area contributed by atoms with Crippen molar-refractivity contribution in [2.24, 2.45) is 0 Å². The van der Waals surface area contributed by atoms with E-state index in [4.69, 9.17) is 9.47 Å². The fourth-order valence-corrected chi connectivity index (χ4v) is 3.28. The highest BCUT2D eigenvalue weighted by atomic mass is 16.5. The lowest BCUT2D eigenvalue weighted by Crippen LogP contribution is -2.06. The summed E-state index contributed by atoms with van der Waals surface area (Å²) in [7, 11) is 1.59. The minimum atomic E-state index is -0.101. The van der Waals surface area contributed by atoms with Crippen molar-refractivity contribution >= 4 is 0 Å². The molecule has 0 aliphatic rings. The monoisotopic (exact) mass is 412 g/mol. The van der Waals surface area contributed by atoms with E-state index in [1.54, 1.807) is 17.9 Å². The standard InChI is InChI=1S/C22H28N4O4/c1-5-30-10-6-9-26-22(23-24-25-26)18-12-16(19(27)13-20(18)28)17-11-15(14(2)3)7-8-21(17)29-4/h7-8,11-14,27-28H,5-6,9-10H2,1-4H3. The quantitative estimate of drug-likeness (QED) is 0.513. The lowest BCUT2D eigenvalue weighted by molar-refractivity contribution is 0.140. The molecule has 0 atom stereocenters. The summed E-state index contributed by atoms with van der Waals surface area (Å²) in [6.45, 7) is 7.95. The average molecular weight is 412 g/mol. The molecule has 0 radical (unpaired) electrons. The van der Waals surface area contributed by atoms with Gasteiger partial charge in [0.05, 0.1) is 12.7 Å². The van der Waals surface area contributed by atoms with Gasteiger partial charge in [-0.1, -0.05) is 19.9 Å². The second-order valence-corrected chi connectivity index (χ2v) is 7.28. The first-order chi connectivity index (χ1) is 14.5. The molecule has 0 fully saturated rings. The zero-order chi connectivity index (χ0) is 21.7. The van der Waals surface area contributed by atoms with Gasteiger partial charge in [-0.25, -0.2) is 4.68 Å². The number of rotatable bonds is 9.